The molecule has 9 heteroatoms. The lowest BCUT2D eigenvalue weighted by atomic mass is 9.89. The molecular weight excluding hydrogens is 264 g/mol. The van der Waals surface area contributed by atoms with Crippen LogP contribution in [0, 0.1) is 16.0 Å². The van der Waals surface area contributed by atoms with E-state index in [0.29, 0.717) is 0 Å². The van der Waals surface area contributed by atoms with Crippen molar-refractivity contribution < 1.29 is 9.72 Å². The van der Waals surface area contributed by atoms with Crippen LogP contribution in [0.4, 0.5) is 17.5 Å². The first kappa shape index (κ1) is 14.0. The third kappa shape index (κ3) is 3.31. The lowest BCUT2D eigenvalue weighted by molar-refractivity contribution is -0.384. The third-order valence-electron chi connectivity index (χ3n) is 3.27. The number of nitrogens with one attached hydrogen (secondary N) is 2. The van der Waals surface area contributed by atoms with E-state index in [1.54, 1.807) is 0 Å². The molecule has 0 saturated heterocycles. The molecule has 20 heavy (non-hydrogen) atoms. The fraction of sp³-hybridized carbons (Fsp3) is 0.545. The Labute approximate surface area is 115 Å². The van der Waals surface area contributed by atoms with Gasteiger partial charge in [-0.05, 0) is 12.8 Å². The molecule has 1 fully saturated rings. The molecule has 1 heterocycles. The molecule has 2 rings (SSSR count). The van der Waals surface area contributed by atoms with E-state index in [0.717, 1.165) is 31.9 Å². The summed E-state index contributed by atoms with van der Waals surface area (Å²) in [5.41, 5.74) is 10.1. The highest BCUT2D eigenvalue weighted by atomic mass is 16.6. The van der Waals surface area contributed by atoms with Crippen molar-refractivity contribution in [1.29, 1.82) is 0 Å². The van der Waals surface area contributed by atoms with Crippen molar-refractivity contribution in [2.45, 2.75) is 32.1 Å². The minimum absolute atomic E-state index is 0.00774. The predicted octanol–water partition coefficient (Wildman–Crippen LogP) is 0.990. The fourth-order valence-corrected chi connectivity index (χ4v) is 2.17. The molecule has 0 atom stereocenters. The molecule has 0 aliphatic heterocycles. The smallest absolute Gasteiger partial charge is 0.329 e. The summed E-state index contributed by atoms with van der Waals surface area (Å²) in [6.45, 7) is 0. The molecule has 4 N–H and O–H groups in total. The zero-order chi connectivity index (χ0) is 14.5. The molecule has 1 aromatic rings. The van der Waals surface area contributed by atoms with Crippen LogP contribution in [0.15, 0.2) is 6.20 Å². The number of carbonyl (C=O) groups excluding carboxylic acids is 1. The molecule has 1 aromatic heterocycles. The number of rotatable bonds is 4. The Kier molecular flexibility index (Phi) is 4.28. The number of nitrogens with two attached hydrogens (primary N) is 1. The number of carbonyl (C=O) groups is 1. The standard InChI is InChI=1S/C11H16N6O3/c12-9-8(17(19)20)6-13-11(14-9)16-15-10(18)7-4-2-1-3-5-7/h6-7H,1-5H2,(H,15,18)(H3,12,13,14,16). The van der Waals surface area contributed by atoms with E-state index in [9.17, 15) is 14.9 Å². The van der Waals surface area contributed by atoms with Gasteiger partial charge in [0.05, 0.1) is 4.92 Å². The summed E-state index contributed by atoms with van der Waals surface area (Å²) in [5.74, 6) is -0.353. The molecule has 1 aliphatic rings. The molecule has 0 spiro atoms. The Bertz CT molecular complexity index is 515. The maximum atomic E-state index is 11.9. The zero-order valence-electron chi connectivity index (χ0n) is 10.8. The van der Waals surface area contributed by atoms with Crippen LogP contribution >= 0.6 is 0 Å². The summed E-state index contributed by atoms with van der Waals surface area (Å²) < 4.78 is 0. The number of nitrogen functional groups attached to an aromatic ring is 1. The largest absolute Gasteiger partial charge is 0.378 e. The SMILES string of the molecule is Nc1nc(NNC(=O)C2CCCCC2)ncc1[N+](=O)[O-]. The van der Waals surface area contributed by atoms with Gasteiger partial charge in [0.25, 0.3) is 0 Å². The lowest BCUT2D eigenvalue weighted by Gasteiger charge is -2.20. The van der Waals surface area contributed by atoms with E-state index in [4.69, 9.17) is 5.73 Å². The number of hydrazine groups is 1. The van der Waals surface area contributed by atoms with Crippen molar-refractivity contribution in [2.24, 2.45) is 5.92 Å². The summed E-state index contributed by atoms with van der Waals surface area (Å²) in [6, 6.07) is 0. The van der Waals surface area contributed by atoms with E-state index < -0.39 is 4.92 Å². The van der Waals surface area contributed by atoms with E-state index >= 15 is 0 Å². The van der Waals surface area contributed by atoms with Crippen LogP contribution in [0.25, 0.3) is 0 Å². The van der Waals surface area contributed by atoms with E-state index in [1.807, 2.05) is 0 Å². The normalized spacial score (nSPS) is 15.6. The summed E-state index contributed by atoms with van der Waals surface area (Å²) in [6.07, 6.45) is 6.02. The first-order chi connectivity index (χ1) is 9.58. The molecule has 0 bridgehead atoms. The van der Waals surface area contributed by atoms with E-state index in [1.165, 1.54) is 6.42 Å². The zero-order valence-corrected chi connectivity index (χ0v) is 10.8. The molecule has 1 aliphatic carbocycles. The minimum atomic E-state index is -0.667. The Morgan fingerprint density at radius 3 is 2.70 bits per heavy atom. The van der Waals surface area contributed by atoms with Crippen LogP contribution in [0.2, 0.25) is 0 Å². The minimum Gasteiger partial charge on any atom is -0.378 e. The number of aromatic nitrogens is 2. The average Bonchev–Trinajstić information content (AvgIpc) is 2.45. The summed E-state index contributed by atoms with van der Waals surface area (Å²) in [7, 11) is 0. The molecule has 0 radical (unpaired) electrons. The maximum Gasteiger partial charge on any atom is 0.329 e. The Morgan fingerprint density at radius 2 is 2.10 bits per heavy atom. The van der Waals surface area contributed by atoms with Gasteiger partial charge in [0.15, 0.2) is 0 Å². The van der Waals surface area contributed by atoms with Crippen molar-refractivity contribution in [3.05, 3.63) is 16.3 Å². The molecule has 0 unspecified atom stereocenters. The molecular formula is C11H16N6O3. The predicted molar refractivity (Wildman–Crippen MR) is 71.4 cm³/mol. The highest BCUT2D eigenvalue weighted by Crippen LogP contribution is 2.23. The number of hydrogen-bond acceptors (Lipinski definition) is 7. The quantitative estimate of drug-likeness (QED) is 0.552. The second kappa shape index (κ2) is 6.13. The van der Waals surface area contributed by atoms with E-state index in [-0.39, 0.29) is 29.3 Å². The van der Waals surface area contributed by atoms with Gasteiger partial charge in [-0.15, -0.1) is 0 Å². The van der Waals surface area contributed by atoms with Crippen LogP contribution in [-0.2, 0) is 4.79 Å². The first-order valence-corrected chi connectivity index (χ1v) is 6.40. The number of hydrogen-bond donors (Lipinski definition) is 3. The van der Waals surface area contributed by atoms with E-state index in [2.05, 4.69) is 20.8 Å². The molecule has 1 amide bonds. The van der Waals surface area contributed by atoms with Crippen LogP contribution in [0.1, 0.15) is 32.1 Å². The van der Waals surface area contributed by atoms with Crippen molar-refractivity contribution in [3.8, 4) is 0 Å². The first-order valence-electron chi connectivity index (χ1n) is 6.40. The molecule has 1 saturated carbocycles. The van der Waals surface area contributed by atoms with Crippen LogP contribution in [0.3, 0.4) is 0 Å². The van der Waals surface area contributed by atoms with Gasteiger partial charge in [-0.3, -0.25) is 25.8 Å². The average molecular weight is 280 g/mol. The maximum absolute atomic E-state index is 11.9. The Morgan fingerprint density at radius 1 is 1.40 bits per heavy atom. The topological polar surface area (TPSA) is 136 Å². The number of nitrogens with zero attached hydrogens (tertiary/aromatic N) is 3. The monoisotopic (exact) mass is 280 g/mol. The Balaban J connectivity index is 1.92. The van der Waals surface area contributed by atoms with Crippen molar-refractivity contribution in [3.63, 3.8) is 0 Å². The van der Waals surface area contributed by atoms with Gasteiger partial charge < -0.3 is 5.73 Å². The van der Waals surface area contributed by atoms with Gasteiger partial charge in [0, 0.05) is 5.92 Å². The Hall–Kier alpha value is -2.45. The third-order valence-corrected chi connectivity index (χ3v) is 3.27. The second-order valence-corrected chi connectivity index (χ2v) is 4.67. The van der Waals surface area contributed by atoms with Gasteiger partial charge in [0.1, 0.15) is 6.20 Å². The van der Waals surface area contributed by atoms with Crippen LogP contribution in [0.5, 0.6) is 0 Å². The highest BCUT2D eigenvalue weighted by Gasteiger charge is 2.21. The molecule has 0 aromatic carbocycles. The van der Waals surface area contributed by atoms with Gasteiger partial charge in [0.2, 0.25) is 17.7 Å². The van der Waals surface area contributed by atoms with Gasteiger partial charge in [-0.25, -0.2) is 4.98 Å². The summed E-state index contributed by atoms with van der Waals surface area (Å²) >= 11 is 0. The van der Waals surface area contributed by atoms with Crippen LogP contribution in [-0.4, -0.2) is 20.8 Å². The molecule has 108 valence electrons. The van der Waals surface area contributed by atoms with Crippen molar-refractivity contribution >= 4 is 23.4 Å². The second-order valence-electron chi connectivity index (χ2n) is 4.67. The number of amides is 1. The van der Waals surface area contributed by atoms with Gasteiger partial charge in [-0.1, -0.05) is 19.3 Å². The molecule has 9 nitrogen and oxygen atoms in total. The highest BCUT2D eigenvalue weighted by molar-refractivity contribution is 5.79. The number of nitro groups is 1. The summed E-state index contributed by atoms with van der Waals surface area (Å²) in [4.78, 5) is 29.2. The van der Waals surface area contributed by atoms with Gasteiger partial charge in [-0.2, -0.15) is 4.98 Å². The fourth-order valence-electron chi connectivity index (χ4n) is 2.17. The van der Waals surface area contributed by atoms with Crippen molar-refractivity contribution in [1.82, 2.24) is 15.4 Å². The van der Waals surface area contributed by atoms with Crippen molar-refractivity contribution in [2.75, 3.05) is 11.2 Å². The number of anilines is 2. The van der Waals surface area contributed by atoms with Crippen LogP contribution < -0.4 is 16.6 Å². The van der Waals surface area contributed by atoms with Gasteiger partial charge >= 0.3 is 5.69 Å². The lowest BCUT2D eigenvalue weighted by Crippen LogP contribution is -2.36. The summed E-state index contributed by atoms with van der Waals surface area (Å²) in [5, 5.41) is 10.6.